The number of hydrogen-bond donors (Lipinski definition) is 0. The van der Waals surface area contributed by atoms with Gasteiger partial charge in [0.2, 0.25) is 0 Å². The Morgan fingerprint density at radius 1 is 1.05 bits per heavy atom. The van der Waals surface area contributed by atoms with Crippen LogP contribution < -0.4 is 4.74 Å². The van der Waals surface area contributed by atoms with Crippen LogP contribution in [0, 0.1) is 0 Å². The molecule has 1 rings (SSSR count). The Balaban J connectivity index is 2.25. The fraction of sp³-hybridized carbons (Fsp3) is 0.533. The molecule has 0 amide bonds. The molecular formula is C15H22O5. The summed E-state index contributed by atoms with van der Waals surface area (Å²) in [5.41, 5.74) is 1.47. The van der Waals surface area contributed by atoms with Crippen molar-refractivity contribution >= 4 is 6.29 Å². The third kappa shape index (κ3) is 6.14. The highest BCUT2D eigenvalue weighted by Crippen LogP contribution is 2.20. The second-order valence-corrected chi connectivity index (χ2v) is 4.20. The van der Waals surface area contributed by atoms with Gasteiger partial charge in [0.05, 0.1) is 26.9 Å². The number of benzene rings is 1. The standard InChI is InChI=1S/C15H22O5/c1-17-6-3-7-19-8-9-20-12-14-10-13(11-16)4-5-15(14)18-2/h4-5,10-11H,3,6-9,12H2,1-2H3. The van der Waals surface area contributed by atoms with Crippen LogP contribution in [-0.2, 0) is 20.8 Å². The molecule has 0 radical (unpaired) electrons. The summed E-state index contributed by atoms with van der Waals surface area (Å²) < 4.78 is 21.0. The number of aldehydes is 1. The van der Waals surface area contributed by atoms with Crippen LogP contribution in [0.1, 0.15) is 22.3 Å². The molecule has 20 heavy (non-hydrogen) atoms. The third-order valence-corrected chi connectivity index (χ3v) is 2.71. The minimum absolute atomic E-state index is 0.395. The summed E-state index contributed by atoms with van der Waals surface area (Å²) in [5.74, 6) is 0.719. The topological polar surface area (TPSA) is 54.0 Å². The van der Waals surface area contributed by atoms with Crippen molar-refractivity contribution in [1.29, 1.82) is 0 Å². The zero-order chi connectivity index (χ0) is 14.6. The lowest BCUT2D eigenvalue weighted by molar-refractivity contribution is 0.0331. The van der Waals surface area contributed by atoms with Crippen LogP contribution >= 0.6 is 0 Å². The molecule has 0 bridgehead atoms. The van der Waals surface area contributed by atoms with Crippen LogP contribution in [0.5, 0.6) is 5.75 Å². The van der Waals surface area contributed by atoms with E-state index < -0.39 is 0 Å². The van der Waals surface area contributed by atoms with E-state index in [2.05, 4.69) is 0 Å². The first-order chi connectivity index (χ1) is 9.81. The molecule has 0 saturated carbocycles. The molecule has 0 fully saturated rings. The predicted molar refractivity (Wildman–Crippen MR) is 75.3 cm³/mol. The van der Waals surface area contributed by atoms with Crippen LogP contribution in [0.2, 0.25) is 0 Å². The number of carbonyl (C=O) groups excluding carboxylic acids is 1. The fourth-order valence-electron chi connectivity index (χ4n) is 1.69. The Morgan fingerprint density at radius 2 is 1.85 bits per heavy atom. The SMILES string of the molecule is COCCCOCCOCc1cc(C=O)ccc1OC. The molecule has 0 atom stereocenters. The van der Waals surface area contributed by atoms with E-state index in [-0.39, 0.29) is 0 Å². The van der Waals surface area contributed by atoms with E-state index in [0.29, 0.717) is 38.6 Å². The van der Waals surface area contributed by atoms with Crippen LogP contribution in [0.3, 0.4) is 0 Å². The van der Waals surface area contributed by atoms with Gasteiger partial charge in [-0.25, -0.2) is 0 Å². The predicted octanol–water partition coefficient (Wildman–Crippen LogP) is 2.08. The van der Waals surface area contributed by atoms with Crippen molar-refractivity contribution in [2.75, 3.05) is 40.6 Å². The second-order valence-electron chi connectivity index (χ2n) is 4.20. The summed E-state index contributed by atoms with van der Waals surface area (Å²) in [6, 6.07) is 5.25. The first-order valence-electron chi connectivity index (χ1n) is 6.58. The highest BCUT2D eigenvalue weighted by Gasteiger charge is 2.04. The molecule has 0 unspecified atom stereocenters. The molecule has 0 N–H and O–H groups in total. The zero-order valence-corrected chi connectivity index (χ0v) is 12.1. The molecule has 0 aliphatic heterocycles. The molecule has 1 aromatic rings. The van der Waals surface area contributed by atoms with E-state index in [9.17, 15) is 4.79 Å². The largest absolute Gasteiger partial charge is 0.496 e. The first-order valence-corrected chi connectivity index (χ1v) is 6.58. The lowest BCUT2D eigenvalue weighted by Crippen LogP contribution is -2.07. The van der Waals surface area contributed by atoms with Gasteiger partial charge in [-0.05, 0) is 24.6 Å². The monoisotopic (exact) mass is 282 g/mol. The lowest BCUT2D eigenvalue weighted by Gasteiger charge is -2.10. The Morgan fingerprint density at radius 3 is 2.55 bits per heavy atom. The van der Waals surface area contributed by atoms with Crippen molar-refractivity contribution in [2.45, 2.75) is 13.0 Å². The molecule has 112 valence electrons. The van der Waals surface area contributed by atoms with Gasteiger partial charge >= 0.3 is 0 Å². The third-order valence-electron chi connectivity index (χ3n) is 2.71. The summed E-state index contributed by atoms with van der Waals surface area (Å²) in [6.07, 6.45) is 1.69. The quantitative estimate of drug-likeness (QED) is 0.459. The van der Waals surface area contributed by atoms with Crippen LogP contribution in [0.25, 0.3) is 0 Å². The summed E-state index contributed by atoms with van der Waals surface area (Å²) in [6.45, 7) is 2.81. The van der Waals surface area contributed by atoms with Crippen molar-refractivity contribution in [3.8, 4) is 5.75 Å². The van der Waals surface area contributed by atoms with Gasteiger partial charge in [-0.15, -0.1) is 0 Å². The van der Waals surface area contributed by atoms with Gasteiger partial charge in [-0.1, -0.05) is 0 Å². The molecule has 0 aromatic heterocycles. The van der Waals surface area contributed by atoms with Crippen LogP contribution in [0.15, 0.2) is 18.2 Å². The van der Waals surface area contributed by atoms with Gasteiger partial charge in [0, 0.05) is 31.5 Å². The molecule has 1 aromatic carbocycles. The van der Waals surface area contributed by atoms with E-state index in [1.807, 2.05) is 0 Å². The number of methoxy groups -OCH3 is 2. The molecule has 0 aliphatic carbocycles. The Kier molecular flexibility index (Phi) is 8.62. The van der Waals surface area contributed by atoms with Crippen LogP contribution in [0.4, 0.5) is 0 Å². The Bertz CT molecular complexity index is 392. The zero-order valence-electron chi connectivity index (χ0n) is 12.1. The Labute approximate surface area is 119 Å². The molecule has 5 nitrogen and oxygen atoms in total. The molecule has 0 aliphatic rings. The van der Waals surface area contributed by atoms with Gasteiger partial charge in [0.1, 0.15) is 12.0 Å². The van der Waals surface area contributed by atoms with Crippen molar-refractivity contribution in [3.63, 3.8) is 0 Å². The van der Waals surface area contributed by atoms with Gasteiger partial charge < -0.3 is 18.9 Å². The highest BCUT2D eigenvalue weighted by molar-refractivity contribution is 5.75. The van der Waals surface area contributed by atoms with Crippen molar-refractivity contribution in [1.82, 2.24) is 0 Å². The maximum absolute atomic E-state index is 10.7. The summed E-state index contributed by atoms with van der Waals surface area (Å²) in [5, 5.41) is 0. The minimum Gasteiger partial charge on any atom is -0.496 e. The molecule has 0 spiro atoms. The summed E-state index contributed by atoms with van der Waals surface area (Å²) >= 11 is 0. The Hall–Kier alpha value is -1.43. The van der Waals surface area contributed by atoms with Crippen molar-refractivity contribution in [2.24, 2.45) is 0 Å². The highest BCUT2D eigenvalue weighted by atomic mass is 16.5. The first kappa shape index (κ1) is 16.6. The van der Waals surface area contributed by atoms with Gasteiger partial charge in [0.15, 0.2) is 0 Å². The number of ether oxygens (including phenoxy) is 4. The lowest BCUT2D eigenvalue weighted by atomic mass is 10.1. The average molecular weight is 282 g/mol. The van der Waals surface area contributed by atoms with Crippen molar-refractivity contribution in [3.05, 3.63) is 29.3 Å². The maximum atomic E-state index is 10.7. The van der Waals surface area contributed by atoms with E-state index in [0.717, 1.165) is 24.0 Å². The number of hydrogen-bond acceptors (Lipinski definition) is 5. The van der Waals surface area contributed by atoms with Gasteiger partial charge in [-0.2, -0.15) is 0 Å². The van der Waals surface area contributed by atoms with E-state index in [1.165, 1.54) is 0 Å². The summed E-state index contributed by atoms with van der Waals surface area (Å²) in [4.78, 5) is 10.7. The number of rotatable bonds is 11. The number of carbonyl (C=O) groups is 1. The molecular weight excluding hydrogens is 260 g/mol. The maximum Gasteiger partial charge on any atom is 0.150 e. The molecule has 5 heteroatoms. The normalized spacial score (nSPS) is 10.5. The second kappa shape index (κ2) is 10.4. The van der Waals surface area contributed by atoms with E-state index in [4.69, 9.17) is 18.9 Å². The molecule has 0 saturated heterocycles. The summed E-state index contributed by atoms with van der Waals surface area (Å²) in [7, 11) is 3.27. The van der Waals surface area contributed by atoms with Gasteiger partial charge in [-0.3, -0.25) is 4.79 Å². The fourth-order valence-corrected chi connectivity index (χ4v) is 1.69. The van der Waals surface area contributed by atoms with E-state index >= 15 is 0 Å². The van der Waals surface area contributed by atoms with Crippen LogP contribution in [-0.4, -0.2) is 46.9 Å². The van der Waals surface area contributed by atoms with Crippen molar-refractivity contribution < 1.29 is 23.7 Å². The average Bonchev–Trinajstić information content (AvgIpc) is 2.49. The van der Waals surface area contributed by atoms with Gasteiger partial charge in [0.25, 0.3) is 0 Å². The van der Waals surface area contributed by atoms with E-state index in [1.54, 1.807) is 32.4 Å². The minimum atomic E-state index is 0.395. The molecule has 0 heterocycles. The smallest absolute Gasteiger partial charge is 0.150 e.